The van der Waals surface area contributed by atoms with Crippen molar-refractivity contribution in [3.63, 3.8) is 0 Å². The Balaban J connectivity index is 1.65. The molecule has 7 nitrogen and oxygen atoms in total. The van der Waals surface area contributed by atoms with E-state index in [1.54, 1.807) is 13.0 Å². The van der Waals surface area contributed by atoms with E-state index >= 15 is 0 Å². The van der Waals surface area contributed by atoms with Gasteiger partial charge in [-0.2, -0.15) is 4.99 Å². The van der Waals surface area contributed by atoms with Crippen LogP contribution in [0.4, 0.5) is 10.5 Å². The van der Waals surface area contributed by atoms with Crippen molar-refractivity contribution < 1.29 is 19.1 Å². The Morgan fingerprint density at radius 1 is 1.23 bits per heavy atom. The number of anilines is 1. The standard InChI is InChI=1S/C23H27N3O4/c1-14(2)29-21-6-4-5-19(13-21)25-22(27)18-8-7-17-12-20(10-9-16(17)11-18)26-23(28)30-15(3)24/h4-10,13-16H,11-12,24H2,1-3H3,(H,25,27). The van der Waals surface area contributed by atoms with Gasteiger partial charge in [-0.15, -0.1) is 0 Å². The second-order valence-electron chi connectivity index (χ2n) is 7.62. The smallest absolute Gasteiger partial charge is 0.435 e. The molecule has 2 amide bonds. The second kappa shape index (κ2) is 9.54. The molecule has 1 aromatic carbocycles. The molecule has 2 aliphatic rings. The third kappa shape index (κ3) is 5.90. The molecule has 2 unspecified atom stereocenters. The largest absolute Gasteiger partial charge is 0.491 e. The number of nitrogens with two attached hydrogens (primary N) is 1. The fourth-order valence-corrected chi connectivity index (χ4v) is 3.32. The first kappa shape index (κ1) is 21.5. The molecule has 0 fully saturated rings. The van der Waals surface area contributed by atoms with E-state index in [-0.39, 0.29) is 17.9 Å². The molecule has 30 heavy (non-hydrogen) atoms. The number of benzene rings is 1. The number of ether oxygens (including phenoxy) is 2. The molecule has 2 aliphatic carbocycles. The van der Waals surface area contributed by atoms with Crippen LogP contribution in [0.25, 0.3) is 0 Å². The number of nitrogens with zero attached hydrogens (tertiary/aromatic N) is 1. The van der Waals surface area contributed by atoms with E-state index < -0.39 is 12.3 Å². The average Bonchev–Trinajstić information content (AvgIpc) is 2.66. The Labute approximate surface area is 176 Å². The van der Waals surface area contributed by atoms with Crippen LogP contribution in [0.15, 0.2) is 64.7 Å². The number of hydrogen-bond acceptors (Lipinski definition) is 5. The van der Waals surface area contributed by atoms with E-state index in [1.165, 1.54) is 0 Å². The minimum Gasteiger partial charge on any atom is -0.491 e. The normalized spacial score (nSPS) is 20.2. The van der Waals surface area contributed by atoms with Gasteiger partial charge in [0.1, 0.15) is 12.0 Å². The van der Waals surface area contributed by atoms with Gasteiger partial charge in [-0.25, -0.2) is 4.79 Å². The van der Waals surface area contributed by atoms with Crippen molar-refractivity contribution in [2.24, 2.45) is 16.6 Å². The number of fused-ring (bicyclic) bond motifs is 1. The molecule has 7 heteroatoms. The first-order valence-electron chi connectivity index (χ1n) is 10.00. The highest BCUT2D eigenvalue weighted by molar-refractivity contribution is 6.05. The fraction of sp³-hybridized carbons (Fsp3) is 0.348. The van der Waals surface area contributed by atoms with Crippen LogP contribution in [0.1, 0.15) is 33.6 Å². The maximum atomic E-state index is 12.7. The summed E-state index contributed by atoms with van der Waals surface area (Å²) in [5.74, 6) is 0.683. The Morgan fingerprint density at radius 3 is 2.77 bits per heavy atom. The quantitative estimate of drug-likeness (QED) is 0.712. The molecule has 0 aromatic heterocycles. The molecule has 0 saturated heterocycles. The lowest BCUT2D eigenvalue weighted by Crippen LogP contribution is -2.23. The van der Waals surface area contributed by atoms with E-state index in [0.717, 1.165) is 5.57 Å². The summed E-state index contributed by atoms with van der Waals surface area (Å²) in [6.45, 7) is 5.48. The summed E-state index contributed by atoms with van der Waals surface area (Å²) >= 11 is 0. The van der Waals surface area contributed by atoms with Crippen molar-refractivity contribution in [2.75, 3.05) is 5.32 Å². The van der Waals surface area contributed by atoms with Crippen LogP contribution in [0.3, 0.4) is 0 Å². The van der Waals surface area contributed by atoms with Gasteiger partial charge < -0.3 is 14.8 Å². The van der Waals surface area contributed by atoms with Crippen LogP contribution >= 0.6 is 0 Å². The molecular weight excluding hydrogens is 382 g/mol. The van der Waals surface area contributed by atoms with E-state index in [4.69, 9.17) is 15.2 Å². The van der Waals surface area contributed by atoms with Crippen LogP contribution < -0.4 is 15.8 Å². The van der Waals surface area contributed by atoms with E-state index in [0.29, 0.717) is 35.6 Å². The molecule has 158 valence electrons. The maximum Gasteiger partial charge on any atom is 0.435 e. The van der Waals surface area contributed by atoms with Crippen LogP contribution in [0.5, 0.6) is 5.75 Å². The molecule has 0 heterocycles. The Morgan fingerprint density at radius 2 is 2.03 bits per heavy atom. The van der Waals surface area contributed by atoms with Gasteiger partial charge in [0.2, 0.25) is 0 Å². The predicted molar refractivity (Wildman–Crippen MR) is 116 cm³/mol. The molecule has 0 saturated carbocycles. The summed E-state index contributed by atoms with van der Waals surface area (Å²) < 4.78 is 10.5. The Hall–Kier alpha value is -3.19. The highest BCUT2D eigenvalue weighted by atomic mass is 16.6. The molecule has 3 rings (SSSR count). The number of nitrogens with one attached hydrogen (secondary N) is 1. The zero-order valence-corrected chi connectivity index (χ0v) is 17.4. The lowest BCUT2D eigenvalue weighted by Gasteiger charge is -2.25. The van der Waals surface area contributed by atoms with E-state index in [1.807, 2.05) is 56.3 Å². The fourth-order valence-electron chi connectivity index (χ4n) is 3.32. The summed E-state index contributed by atoms with van der Waals surface area (Å²) in [7, 11) is 0. The van der Waals surface area contributed by atoms with E-state index in [2.05, 4.69) is 10.3 Å². The SMILES string of the molecule is CC(C)Oc1cccc(NC(=O)C2=CC=C3CC(=NC(=O)OC(C)N)C=CC3C2)c1. The molecule has 0 radical (unpaired) electrons. The monoisotopic (exact) mass is 409 g/mol. The van der Waals surface area contributed by atoms with Crippen LogP contribution in [-0.4, -0.2) is 30.0 Å². The van der Waals surface area contributed by atoms with Gasteiger partial charge in [0.05, 0.1) is 11.8 Å². The minimum absolute atomic E-state index is 0.0626. The van der Waals surface area contributed by atoms with Gasteiger partial charge in [-0.1, -0.05) is 29.9 Å². The highest BCUT2D eigenvalue weighted by Gasteiger charge is 2.25. The average molecular weight is 409 g/mol. The summed E-state index contributed by atoms with van der Waals surface area (Å²) in [6.07, 6.45) is 7.32. The zero-order valence-electron chi connectivity index (χ0n) is 17.4. The van der Waals surface area contributed by atoms with Crippen LogP contribution in [0.2, 0.25) is 0 Å². The second-order valence-corrected chi connectivity index (χ2v) is 7.62. The topological polar surface area (TPSA) is 103 Å². The first-order chi connectivity index (χ1) is 14.3. The molecule has 0 spiro atoms. The van der Waals surface area contributed by atoms with Crippen LogP contribution in [-0.2, 0) is 9.53 Å². The molecule has 3 N–H and O–H groups in total. The first-order valence-corrected chi connectivity index (χ1v) is 10.00. The van der Waals surface area contributed by atoms with E-state index in [9.17, 15) is 9.59 Å². The third-order valence-electron chi connectivity index (χ3n) is 4.60. The van der Waals surface area contributed by atoms with Gasteiger partial charge in [-0.05, 0) is 45.4 Å². The van der Waals surface area contributed by atoms with Gasteiger partial charge in [-0.3, -0.25) is 10.5 Å². The number of carbonyl (C=O) groups is 2. The van der Waals surface area contributed by atoms with Crippen molar-refractivity contribution in [1.82, 2.24) is 0 Å². The van der Waals surface area contributed by atoms with Gasteiger partial charge in [0.15, 0.2) is 0 Å². The lowest BCUT2D eigenvalue weighted by atomic mass is 9.80. The number of rotatable bonds is 5. The van der Waals surface area contributed by atoms with Crippen molar-refractivity contribution in [3.05, 3.63) is 59.7 Å². The zero-order chi connectivity index (χ0) is 21.7. The van der Waals surface area contributed by atoms with Crippen molar-refractivity contribution in [1.29, 1.82) is 0 Å². The summed E-state index contributed by atoms with van der Waals surface area (Å²) in [5, 5.41) is 2.94. The third-order valence-corrected chi connectivity index (χ3v) is 4.60. The number of aliphatic imine (C=N–C) groups is 1. The van der Waals surface area contributed by atoms with Crippen LogP contribution in [0, 0.1) is 5.92 Å². The number of hydrogen-bond donors (Lipinski definition) is 2. The van der Waals surface area contributed by atoms with Gasteiger partial charge >= 0.3 is 6.09 Å². The maximum absolute atomic E-state index is 12.7. The molecular formula is C23H27N3O4. The lowest BCUT2D eigenvalue weighted by molar-refractivity contribution is -0.113. The summed E-state index contributed by atoms with van der Waals surface area (Å²) in [6, 6.07) is 7.36. The van der Waals surface area contributed by atoms with Crippen molar-refractivity contribution in [2.45, 2.75) is 45.9 Å². The van der Waals surface area contributed by atoms with Gasteiger partial charge in [0, 0.05) is 29.7 Å². The van der Waals surface area contributed by atoms with Crippen molar-refractivity contribution in [3.8, 4) is 5.75 Å². The number of carbonyl (C=O) groups excluding carboxylic acids is 2. The summed E-state index contributed by atoms with van der Waals surface area (Å²) in [5.41, 5.74) is 8.55. The number of amides is 2. The highest BCUT2D eigenvalue weighted by Crippen LogP contribution is 2.32. The van der Waals surface area contributed by atoms with Crippen molar-refractivity contribution >= 4 is 23.4 Å². The Kier molecular flexibility index (Phi) is 6.84. The minimum atomic E-state index is -0.697. The summed E-state index contributed by atoms with van der Waals surface area (Å²) in [4.78, 5) is 28.3. The van der Waals surface area contributed by atoms with Gasteiger partial charge in [0.25, 0.3) is 5.91 Å². The molecule has 0 bridgehead atoms. The predicted octanol–water partition coefficient (Wildman–Crippen LogP) is 4.13. The Bertz CT molecular complexity index is 942. The molecule has 0 aliphatic heterocycles. The molecule has 2 atom stereocenters. The molecule has 1 aromatic rings. The number of allylic oxidation sites excluding steroid dienone is 5.